The van der Waals surface area contributed by atoms with Crippen molar-refractivity contribution < 1.29 is 18.0 Å². The Balaban J connectivity index is 1.77. The van der Waals surface area contributed by atoms with Crippen molar-refractivity contribution in [2.45, 2.75) is 30.6 Å². The Labute approximate surface area is 154 Å². The molecule has 0 bridgehead atoms. The summed E-state index contributed by atoms with van der Waals surface area (Å²) in [6, 6.07) is 8.01. The number of nitrogens with one attached hydrogen (secondary N) is 1. The van der Waals surface area contributed by atoms with Gasteiger partial charge < -0.3 is 5.32 Å². The van der Waals surface area contributed by atoms with E-state index >= 15 is 0 Å². The standard InChI is InChI=1S/C20H17ClF3NO/c21-13-3-1-12(2-4-13)20(6-7-20)19(26)15-9-14(11-5-8-25-10-11)16(22)18(24)17(15)23/h1-4,9,11,25H,5-8,10H2. The minimum atomic E-state index is -1.57. The van der Waals surface area contributed by atoms with Crippen molar-refractivity contribution in [3.63, 3.8) is 0 Å². The molecule has 1 heterocycles. The largest absolute Gasteiger partial charge is 0.316 e. The van der Waals surface area contributed by atoms with Crippen LogP contribution in [0.15, 0.2) is 30.3 Å². The van der Waals surface area contributed by atoms with E-state index in [-0.39, 0.29) is 17.0 Å². The molecule has 1 aliphatic heterocycles. The summed E-state index contributed by atoms with van der Waals surface area (Å²) in [6.45, 7) is 1.17. The Kier molecular flexibility index (Phi) is 4.32. The second kappa shape index (κ2) is 6.39. The molecule has 2 aromatic carbocycles. The summed E-state index contributed by atoms with van der Waals surface area (Å²) in [5.41, 5.74) is -0.441. The first kappa shape index (κ1) is 17.6. The third-order valence-corrected chi connectivity index (χ3v) is 5.75. The first-order valence-electron chi connectivity index (χ1n) is 8.63. The van der Waals surface area contributed by atoms with Crippen LogP contribution >= 0.6 is 11.6 Å². The van der Waals surface area contributed by atoms with Gasteiger partial charge in [0.15, 0.2) is 23.2 Å². The average Bonchev–Trinajstić information content (AvgIpc) is 3.27. The predicted molar refractivity (Wildman–Crippen MR) is 93.2 cm³/mol. The van der Waals surface area contributed by atoms with Crippen molar-refractivity contribution in [1.82, 2.24) is 5.32 Å². The summed E-state index contributed by atoms with van der Waals surface area (Å²) in [7, 11) is 0. The lowest BCUT2D eigenvalue weighted by molar-refractivity contribution is 0.0940. The number of hydrogen-bond donors (Lipinski definition) is 1. The molecule has 0 aromatic heterocycles. The highest BCUT2D eigenvalue weighted by atomic mass is 35.5. The minimum Gasteiger partial charge on any atom is -0.316 e. The molecular formula is C20H17ClF3NO. The van der Waals surface area contributed by atoms with Gasteiger partial charge in [-0.25, -0.2) is 13.2 Å². The fraction of sp³-hybridized carbons (Fsp3) is 0.350. The minimum absolute atomic E-state index is 0.0733. The van der Waals surface area contributed by atoms with Gasteiger partial charge in [0.2, 0.25) is 0 Å². The van der Waals surface area contributed by atoms with Crippen LogP contribution in [0.1, 0.15) is 46.7 Å². The smallest absolute Gasteiger partial charge is 0.195 e. The molecule has 2 nitrogen and oxygen atoms in total. The molecule has 4 rings (SSSR count). The fourth-order valence-corrected chi connectivity index (χ4v) is 3.93. The van der Waals surface area contributed by atoms with E-state index in [9.17, 15) is 18.0 Å². The maximum atomic E-state index is 14.4. The van der Waals surface area contributed by atoms with Gasteiger partial charge in [-0.3, -0.25) is 4.79 Å². The van der Waals surface area contributed by atoms with Crippen LogP contribution in [-0.2, 0) is 5.41 Å². The molecule has 2 aromatic rings. The molecule has 6 heteroatoms. The van der Waals surface area contributed by atoms with Crippen LogP contribution in [0, 0.1) is 17.5 Å². The maximum Gasteiger partial charge on any atom is 0.195 e. The molecule has 1 saturated heterocycles. The van der Waals surface area contributed by atoms with Crippen LogP contribution < -0.4 is 5.32 Å². The Morgan fingerprint density at radius 3 is 2.35 bits per heavy atom. The molecule has 1 N–H and O–H groups in total. The highest BCUT2D eigenvalue weighted by Crippen LogP contribution is 2.51. The van der Waals surface area contributed by atoms with Gasteiger partial charge in [-0.15, -0.1) is 0 Å². The van der Waals surface area contributed by atoms with E-state index in [1.165, 1.54) is 6.07 Å². The second-order valence-electron chi connectivity index (χ2n) is 7.06. The van der Waals surface area contributed by atoms with Gasteiger partial charge in [-0.05, 0) is 55.1 Å². The van der Waals surface area contributed by atoms with Gasteiger partial charge in [0, 0.05) is 17.5 Å². The zero-order valence-electron chi connectivity index (χ0n) is 13.9. The normalized spacial score (nSPS) is 21.0. The molecule has 0 spiro atoms. The molecule has 1 atom stereocenters. The molecule has 136 valence electrons. The third-order valence-electron chi connectivity index (χ3n) is 5.50. The van der Waals surface area contributed by atoms with Gasteiger partial charge in [-0.1, -0.05) is 23.7 Å². The van der Waals surface area contributed by atoms with Crippen molar-refractivity contribution in [2.24, 2.45) is 0 Å². The topological polar surface area (TPSA) is 29.1 Å². The number of Topliss-reactive ketones (excluding diaryl/α,β-unsaturated/α-hetero) is 1. The summed E-state index contributed by atoms with van der Waals surface area (Å²) in [5, 5.41) is 3.61. The Morgan fingerprint density at radius 2 is 1.77 bits per heavy atom. The second-order valence-corrected chi connectivity index (χ2v) is 7.50. The van der Waals surface area contributed by atoms with Crippen molar-refractivity contribution in [3.8, 4) is 0 Å². The van der Waals surface area contributed by atoms with Crippen LogP contribution in [0.25, 0.3) is 0 Å². The lowest BCUT2D eigenvalue weighted by Crippen LogP contribution is -2.23. The summed E-state index contributed by atoms with van der Waals surface area (Å²) < 4.78 is 42.9. The average molecular weight is 380 g/mol. The van der Waals surface area contributed by atoms with Crippen molar-refractivity contribution in [2.75, 3.05) is 13.1 Å². The molecule has 0 radical (unpaired) electrons. The number of carbonyl (C=O) groups is 1. The summed E-state index contributed by atoms with van der Waals surface area (Å²) in [5.74, 6) is -4.91. The van der Waals surface area contributed by atoms with Gasteiger partial charge in [0.05, 0.1) is 11.0 Å². The fourth-order valence-electron chi connectivity index (χ4n) is 3.80. The molecule has 1 aliphatic carbocycles. The van der Waals surface area contributed by atoms with E-state index in [0.717, 1.165) is 5.56 Å². The maximum absolute atomic E-state index is 14.4. The molecular weight excluding hydrogens is 363 g/mol. The number of halogens is 4. The Morgan fingerprint density at radius 1 is 1.08 bits per heavy atom. The van der Waals surface area contributed by atoms with Gasteiger partial charge >= 0.3 is 0 Å². The van der Waals surface area contributed by atoms with E-state index in [0.29, 0.717) is 37.4 Å². The molecule has 1 saturated carbocycles. The predicted octanol–water partition coefficient (Wildman–Crippen LogP) is 4.75. The number of ketones is 1. The van der Waals surface area contributed by atoms with Crippen LogP contribution in [0.5, 0.6) is 0 Å². The summed E-state index contributed by atoms with van der Waals surface area (Å²) in [4.78, 5) is 13.1. The molecule has 26 heavy (non-hydrogen) atoms. The van der Waals surface area contributed by atoms with Crippen LogP contribution in [-0.4, -0.2) is 18.9 Å². The Bertz CT molecular complexity index is 872. The first-order chi connectivity index (χ1) is 12.4. The number of rotatable bonds is 4. The zero-order chi connectivity index (χ0) is 18.5. The first-order valence-corrected chi connectivity index (χ1v) is 9.01. The van der Waals surface area contributed by atoms with Crippen LogP contribution in [0.4, 0.5) is 13.2 Å². The van der Waals surface area contributed by atoms with Gasteiger partial charge in [0.1, 0.15) is 0 Å². The van der Waals surface area contributed by atoms with Gasteiger partial charge in [0.25, 0.3) is 0 Å². The summed E-state index contributed by atoms with van der Waals surface area (Å²) in [6.07, 6.45) is 1.72. The van der Waals surface area contributed by atoms with E-state index in [4.69, 9.17) is 11.6 Å². The van der Waals surface area contributed by atoms with E-state index in [2.05, 4.69) is 5.32 Å². The molecule has 0 amide bonds. The zero-order valence-corrected chi connectivity index (χ0v) is 14.7. The van der Waals surface area contributed by atoms with E-state index in [1.807, 2.05) is 0 Å². The number of hydrogen-bond acceptors (Lipinski definition) is 2. The highest BCUT2D eigenvalue weighted by Gasteiger charge is 2.52. The van der Waals surface area contributed by atoms with Crippen LogP contribution in [0.2, 0.25) is 5.02 Å². The molecule has 2 aliphatic rings. The lowest BCUT2D eigenvalue weighted by atomic mass is 9.85. The highest BCUT2D eigenvalue weighted by molar-refractivity contribution is 6.30. The number of benzene rings is 2. The van der Waals surface area contributed by atoms with Crippen molar-refractivity contribution in [1.29, 1.82) is 0 Å². The van der Waals surface area contributed by atoms with E-state index < -0.39 is 28.6 Å². The van der Waals surface area contributed by atoms with E-state index in [1.54, 1.807) is 24.3 Å². The molecule has 2 fully saturated rings. The number of carbonyl (C=O) groups excluding carboxylic acids is 1. The molecule has 1 unspecified atom stereocenters. The van der Waals surface area contributed by atoms with Crippen LogP contribution in [0.3, 0.4) is 0 Å². The Hall–Kier alpha value is -1.85. The SMILES string of the molecule is O=C(c1cc(C2CCNC2)c(F)c(F)c1F)C1(c2ccc(Cl)cc2)CC1. The summed E-state index contributed by atoms with van der Waals surface area (Å²) >= 11 is 5.89. The van der Waals surface area contributed by atoms with Crippen molar-refractivity contribution >= 4 is 17.4 Å². The lowest BCUT2D eigenvalue weighted by Gasteiger charge is -2.18. The third kappa shape index (κ3) is 2.74. The monoisotopic (exact) mass is 379 g/mol. The van der Waals surface area contributed by atoms with Crippen molar-refractivity contribution in [3.05, 3.63) is 69.5 Å². The quantitative estimate of drug-likeness (QED) is 0.613. The van der Waals surface area contributed by atoms with Gasteiger partial charge in [-0.2, -0.15) is 0 Å².